The number of likely N-dealkylation sites (N-methyl/N-ethyl adjacent to an activating group) is 1. The minimum atomic E-state index is -0.262. The number of carbonyl (C=O) groups is 1. The third kappa shape index (κ3) is 3.09. The van der Waals surface area contributed by atoms with E-state index in [-0.39, 0.29) is 18.6 Å². The molecule has 0 spiro atoms. The molecule has 1 N–H and O–H groups in total. The number of aliphatic hydroxyl groups is 1. The van der Waals surface area contributed by atoms with Crippen molar-refractivity contribution in [2.45, 2.75) is 19.9 Å². The third-order valence-electron chi connectivity index (χ3n) is 3.44. The highest BCUT2D eigenvalue weighted by Gasteiger charge is 2.22. The van der Waals surface area contributed by atoms with E-state index in [9.17, 15) is 4.79 Å². The molecule has 1 aromatic carbocycles. The fourth-order valence-electron chi connectivity index (χ4n) is 1.92. The van der Waals surface area contributed by atoms with Gasteiger partial charge in [-0.15, -0.1) is 0 Å². The molecule has 0 bridgehead atoms. The highest BCUT2D eigenvalue weighted by molar-refractivity contribution is 6.32. The fraction of sp³-hybridized carbons (Fsp3) is 0.333. The molecule has 0 aliphatic carbocycles. The van der Waals surface area contributed by atoms with E-state index in [4.69, 9.17) is 16.7 Å². The molecule has 112 valence electrons. The quantitative estimate of drug-likeness (QED) is 0.943. The molecule has 6 heteroatoms. The number of aromatic nitrogens is 2. The van der Waals surface area contributed by atoms with Gasteiger partial charge in [-0.2, -0.15) is 5.10 Å². The molecule has 0 saturated heterocycles. The van der Waals surface area contributed by atoms with Gasteiger partial charge in [0.15, 0.2) is 5.69 Å². The summed E-state index contributed by atoms with van der Waals surface area (Å²) in [4.78, 5) is 13.9. The molecule has 1 aromatic heterocycles. The van der Waals surface area contributed by atoms with Crippen LogP contribution in [0.3, 0.4) is 0 Å². The Kier molecular flexibility index (Phi) is 4.65. The highest BCUT2D eigenvalue weighted by Crippen LogP contribution is 2.21. The number of rotatable bonds is 4. The average molecular weight is 308 g/mol. The molecule has 2 rings (SSSR count). The van der Waals surface area contributed by atoms with Gasteiger partial charge in [0.25, 0.3) is 5.91 Å². The van der Waals surface area contributed by atoms with Gasteiger partial charge in [-0.05, 0) is 26.0 Å². The van der Waals surface area contributed by atoms with Gasteiger partial charge < -0.3 is 10.0 Å². The minimum absolute atomic E-state index is 0.0908. The van der Waals surface area contributed by atoms with E-state index in [1.807, 2.05) is 25.1 Å². The van der Waals surface area contributed by atoms with Crippen LogP contribution in [0.2, 0.25) is 5.02 Å². The van der Waals surface area contributed by atoms with Crippen LogP contribution in [0, 0.1) is 6.92 Å². The first-order valence-corrected chi connectivity index (χ1v) is 7.02. The fourth-order valence-corrected chi connectivity index (χ4v) is 2.14. The van der Waals surface area contributed by atoms with Crippen molar-refractivity contribution in [2.24, 2.45) is 0 Å². The van der Waals surface area contributed by atoms with Crippen molar-refractivity contribution < 1.29 is 9.90 Å². The Bertz CT molecular complexity index is 654. The molecule has 0 radical (unpaired) electrons. The lowest BCUT2D eigenvalue weighted by atomic mass is 10.2. The number of amides is 1. The first kappa shape index (κ1) is 15.5. The van der Waals surface area contributed by atoms with Crippen molar-refractivity contribution in [1.82, 2.24) is 14.7 Å². The van der Waals surface area contributed by atoms with Crippen LogP contribution in [0.4, 0.5) is 0 Å². The Morgan fingerprint density at radius 1 is 1.48 bits per heavy atom. The van der Waals surface area contributed by atoms with Crippen LogP contribution in [-0.2, 0) is 0 Å². The monoisotopic (exact) mass is 307 g/mol. The van der Waals surface area contributed by atoms with Crippen molar-refractivity contribution in [3.05, 3.63) is 46.7 Å². The number of halogens is 1. The van der Waals surface area contributed by atoms with E-state index in [0.29, 0.717) is 10.7 Å². The second kappa shape index (κ2) is 6.28. The van der Waals surface area contributed by atoms with Crippen molar-refractivity contribution in [1.29, 1.82) is 0 Å². The normalized spacial score (nSPS) is 12.2. The largest absolute Gasteiger partial charge is 0.394 e. The maximum absolute atomic E-state index is 12.4. The van der Waals surface area contributed by atoms with Crippen molar-refractivity contribution in [2.75, 3.05) is 13.7 Å². The maximum atomic E-state index is 12.4. The molecule has 1 amide bonds. The van der Waals surface area contributed by atoms with Crippen LogP contribution < -0.4 is 0 Å². The number of carbonyl (C=O) groups excluding carboxylic acids is 1. The molecular weight excluding hydrogens is 290 g/mol. The summed E-state index contributed by atoms with van der Waals surface area (Å²) in [5.74, 6) is -0.222. The van der Waals surface area contributed by atoms with E-state index in [1.54, 1.807) is 30.9 Å². The lowest BCUT2D eigenvalue weighted by Crippen LogP contribution is -2.37. The molecule has 0 aliphatic rings. The van der Waals surface area contributed by atoms with E-state index in [0.717, 1.165) is 11.3 Å². The molecular formula is C15H18ClN3O2. The Hall–Kier alpha value is -1.85. The van der Waals surface area contributed by atoms with Crippen LogP contribution in [0.1, 0.15) is 23.0 Å². The van der Waals surface area contributed by atoms with E-state index >= 15 is 0 Å². The number of para-hydroxylation sites is 1. The minimum Gasteiger partial charge on any atom is -0.394 e. The maximum Gasteiger partial charge on any atom is 0.274 e. The van der Waals surface area contributed by atoms with Crippen molar-refractivity contribution >= 4 is 17.5 Å². The molecule has 1 atom stereocenters. The van der Waals surface area contributed by atoms with Gasteiger partial charge in [0.1, 0.15) is 0 Å². The van der Waals surface area contributed by atoms with Crippen LogP contribution in [0.5, 0.6) is 0 Å². The van der Waals surface area contributed by atoms with E-state index in [1.165, 1.54) is 4.90 Å². The lowest BCUT2D eigenvalue weighted by molar-refractivity contribution is 0.0675. The number of aliphatic hydroxyl groups excluding tert-OH is 1. The van der Waals surface area contributed by atoms with Crippen LogP contribution in [0.15, 0.2) is 30.5 Å². The summed E-state index contributed by atoms with van der Waals surface area (Å²) in [6, 6.07) is 7.05. The predicted molar refractivity (Wildman–Crippen MR) is 82.0 cm³/mol. The van der Waals surface area contributed by atoms with E-state index < -0.39 is 0 Å². The molecule has 2 aromatic rings. The predicted octanol–water partition coefficient (Wildman–Crippen LogP) is 2.29. The summed E-state index contributed by atoms with van der Waals surface area (Å²) in [5, 5.41) is 14.1. The third-order valence-corrected chi connectivity index (χ3v) is 3.76. The number of benzene rings is 1. The smallest absolute Gasteiger partial charge is 0.274 e. The standard InChI is InChI=1S/C15H18ClN3O2/c1-10-8-19(13-7-5-4-6-12(13)16)17-14(10)15(21)18(3)11(2)9-20/h4-8,11,20H,9H2,1-3H3. The topological polar surface area (TPSA) is 58.4 Å². The number of aryl methyl sites for hydroxylation is 1. The van der Waals surface area contributed by atoms with Crippen LogP contribution >= 0.6 is 11.6 Å². The van der Waals surface area contributed by atoms with Gasteiger partial charge in [0, 0.05) is 18.8 Å². The van der Waals surface area contributed by atoms with Crippen LogP contribution in [-0.4, -0.2) is 45.4 Å². The van der Waals surface area contributed by atoms with E-state index in [2.05, 4.69) is 5.10 Å². The number of nitrogens with zero attached hydrogens (tertiary/aromatic N) is 3. The molecule has 21 heavy (non-hydrogen) atoms. The molecule has 0 aliphatic heterocycles. The van der Waals surface area contributed by atoms with Gasteiger partial charge in [-0.1, -0.05) is 23.7 Å². The zero-order chi connectivity index (χ0) is 15.6. The number of hydrogen-bond acceptors (Lipinski definition) is 3. The Labute approximate surface area is 128 Å². The summed E-state index contributed by atoms with van der Waals surface area (Å²) in [5.41, 5.74) is 1.84. The molecule has 5 nitrogen and oxygen atoms in total. The summed E-state index contributed by atoms with van der Waals surface area (Å²) in [6.45, 7) is 3.51. The highest BCUT2D eigenvalue weighted by atomic mass is 35.5. The molecule has 1 heterocycles. The summed E-state index contributed by atoms with van der Waals surface area (Å²) in [7, 11) is 1.65. The Morgan fingerprint density at radius 3 is 2.76 bits per heavy atom. The van der Waals surface area contributed by atoms with Gasteiger partial charge in [-0.25, -0.2) is 4.68 Å². The second-order valence-corrected chi connectivity index (χ2v) is 5.41. The Balaban J connectivity index is 2.36. The first-order chi connectivity index (χ1) is 9.95. The second-order valence-electron chi connectivity index (χ2n) is 5.00. The van der Waals surface area contributed by atoms with Crippen molar-refractivity contribution in [3.8, 4) is 5.69 Å². The zero-order valence-corrected chi connectivity index (χ0v) is 13.0. The van der Waals surface area contributed by atoms with Crippen molar-refractivity contribution in [3.63, 3.8) is 0 Å². The number of hydrogen-bond donors (Lipinski definition) is 1. The van der Waals surface area contributed by atoms with Gasteiger partial charge in [0.05, 0.1) is 23.4 Å². The average Bonchev–Trinajstić information content (AvgIpc) is 2.87. The first-order valence-electron chi connectivity index (χ1n) is 6.65. The van der Waals surface area contributed by atoms with Gasteiger partial charge >= 0.3 is 0 Å². The van der Waals surface area contributed by atoms with Gasteiger partial charge in [-0.3, -0.25) is 4.79 Å². The molecule has 1 unspecified atom stereocenters. The molecule has 0 fully saturated rings. The summed E-state index contributed by atoms with van der Waals surface area (Å²) < 4.78 is 1.60. The van der Waals surface area contributed by atoms with Crippen LogP contribution in [0.25, 0.3) is 5.69 Å². The van der Waals surface area contributed by atoms with Gasteiger partial charge in [0.2, 0.25) is 0 Å². The summed E-state index contributed by atoms with van der Waals surface area (Å²) in [6.07, 6.45) is 1.77. The Morgan fingerprint density at radius 2 is 2.14 bits per heavy atom. The zero-order valence-electron chi connectivity index (χ0n) is 12.2. The SMILES string of the molecule is Cc1cn(-c2ccccc2Cl)nc1C(=O)N(C)C(C)CO. The summed E-state index contributed by atoms with van der Waals surface area (Å²) >= 11 is 6.15. The molecule has 0 saturated carbocycles. The lowest BCUT2D eigenvalue weighted by Gasteiger charge is -2.22.